The van der Waals surface area contributed by atoms with Crippen LogP contribution in [0.2, 0.25) is 0 Å². The lowest BCUT2D eigenvalue weighted by Crippen LogP contribution is -2.22. The van der Waals surface area contributed by atoms with Crippen LogP contribution >= 0.6 is 22.7 Å². The van der Waals surface area contributed by atoms with Gasteiger partial charge in [0, 0.05) is 5.38 Å². The summed E-state index contributed by atoms with van der Waals surface area (Å²) in [6.07, 6.45) is 0. The molecule has 0 aliphatic heterocycles. The van der Waals surface area contributed by atoms with Gasteiger partial charge < -0.3 is 5.32 Å². The predicted molar refractivity (Wildman–Crippen MR) is 113 cm³/mol. The van der Waals surface area contributed by atoms with Crippen LogP contribution in [0, 0.1) is 6.92 Å². The molecule has 0 radical (unpaired) electrons. The van der Waals surface area contributed by atoms with E-state index in [0.717, 1.165) is 20.8 Å². The molecular weight excluding hydrogens is 414 g/mol. The molecule has 0 aliphatic rings. The van der Waals surface area contributed by atoms with Crippen LogP contribution in [0.1, 0.15) is 5.56 Å². The fourth-order valence-electron chi connectivity index (χ4n) is 2.57. The Morgan fingerprint density at radius 3 is 2.57 bits per heavy atom. The summed E-state index contributed by atoms with van der Waals surface area (Å²) >= 11 is 2.75. The highest BCUT2D eigenvalue weighted by Crippen LogP contribution is 2.31. The van der Waals surface area contributed by atoms with Crippen molar-refractivity contribution in [1.82, 2.24) is 9.97 Å². The van der Waals surface area contributed by atoms with Crippen molar-refractivity contribution < 1.29 is 13.2 Å². The first kappa shape index (κ1) is 18.7. The Morgan fingerprint density at radius 1 is 1.07 bits per heavy atom. The Bertz CT molecular complexity index is 1230. The normalized spacial score (nSPS) is 11.6. The van der Waals surface area contributed by atoms with Gasteiger partial charge in [-0.1, -0.05) is 29.8 Å². The molecule has 2 heterocycles. The number of carbonyl (C=O) groups excluding carboxylic acids is 1. The van der Waals surface area contributed by atoms with Crippen molar-refractivity contribution in [3.05, 3.63) is 59.5 Å². The minimum Gasteiger partial charge on any atom is -0.301 e. The summed E-state index contributed by atoms with van der Waals surface area (Å²) in [6.45, 7) is 1.87. The number of carbonyl (C=O) groups is 1. The SMILES string of the molecule is Cc1ccc(S(=O)(=O)CC(=O)Nc2nc(-c3nc4ccccc4s3)cs2)cc1. The molecule has 28 heavy (non-hydrogen) atoms. The van der Waals surface area contributed by atoms with Crippen molar-refractivity contribution in [1.29, 1.82) is 0 Å². The van der Waals surface area contributed by atoms with Gasteiger partial charge in [0.05, 0.1) is 15.1 Å². The van der Waals surface area contributed by atoms with E-state index in [1.165, 1.54) is 34.8 Å². The van der Waals surface area contributed by atoms with Gasteiger partial charge >= 0.3 is 0 Å². The molecule has 0 bridgehead atoms. The highest BCUT2D eigenvalue weighted by atomic mass is 32.2. The third kappa shape index (κ3) is 3.96. The van der Waals surface area contributed by atoms with Crippen LogP contribution in [0.3, 0.4) is 0 Å². The third-order valence-corrected chi connectivity index (χ3v) is 7.41. The lowest BCUT2D eigenvalue weighted by molar-refractivity contribution is -0.113. The average molecular weight is 430 g/mol. The van der Waals surface area contributed by atoms with Crippen LogP contribution in [0.5, 0.6) is 0 Å². The molecule has 0 aliphatic carbocycles. The molecule has 0 spiro atoms. The summed E-state index contributed by atoms with van der Waals surface area (Å²) in [5.74, 6) is -1.25. The Hall–Kier alpha value is -2.62. The molecule has 2 aromatic carbocycles. The zero-order valence-corrected chi connectivity index (χ0v) is 17.2. The second kappa shape index (κ2) is 7.42. The smallest absolute Gasteiger partial charge is 0.241 e. The van der Waals surface area contributed by atoms with Gasteiger partial charge in [0.15, 0.2) is 15.0 Å². The number of nitrogens with one attached hydrogen (secondary N) is 1. The van der Waals surface area contributed by atoms with E-state index in [9.17, 15) is 13.2 Å². The molecule has 6 nitrogen and oxygen atoms in total. The Labute approximate surface area is 169 Å². The molecule has 4 rings (SSSR count). The van der Waals surface area contributed by atoms with Crippen LogP contribution < -0.4 is 5.32 Å². The molecule has 9 heteroatoms. The molecule has 0 unspecified atom stereocenters. The van der Waals surface area contributed by atoms with Gasteiger partial charge in [-0.25, -0.2) is 18.4 Å². The van der Waals surface area contributed by atoms with Gasteiger partial charge in [0.2, 0.25) is 5.91 Å². The molecule has 2 aromatic heterocycles. The van der Waals surface area contributed by atoms with Crippen molar-refractivity contribution in [3.8, 4) is 10.7 Å². The zero-order chi connectivity index (χ0) is 19.7. The maximum Gasteiger partial charge on any atom is 0.241 e. The number of aromatic nitrogens is 2. The van der Waals surface area contributed by atoms with Gasteiger partial charge in [-0.05, 0) is 31.2 Å². The highest BCUT2D eigenvalue weighted by Gasteiger charge is 2.20. The van der Waals surface area contributed by atoms with Crippen molar-refractivity contribution in [3.63, 3.8) is 0 Å². The number of fused-ring (bicyclic) bond motifs is 1. The number of rotatable bonds is 5. The quantitative estimate of drug-likeness (QED) is 0.515. The number of amides is 1. The van der Waals surface area contributed by atoms with E-state index in [2.05, 4.69) is 15.3 Å². The molecule has 1 amide bonds. The van der Waals surface area contributed by atoms with Gasteiger partial charge in [0.1, 0.15) is 16.5 Å². The summed E-state index contributed by atoms with van der Waals surface area (Å²) in [5.41, 5.74) is 2.50. The van der Waals surface area contributed by atoms with Crippen molar-refractivity contribution in [2.75, 3.05) is 11.1 Å². The lowest BCUT2D eigenvalue weighted by atomic mass is 10.2. The van der Waals surface area contributed by atoms with E-state index in [4.69, 9.17) is 0 Å². The molecular formula is C19H15N3O3S3. The van der Waals surface area contributed by atoms with E-state index in [0.29, 0.717) is 10.8 Å². The highest BCUT2D eigenvalue weighted by molar-refractivity contribution is 7.92. The van der Waals surface area contributed by atoms with Crippen LogP contribution in [0.15, 0.2) is 58.8 Å². The fraction of sp³-hybridized carbons (Fsp3) is 0.105. The molecule has 1 N–H and O–H groups in total. The number of sulfone groups is 1. The number of benzene rings is 2. The predicted octanol–water partition coefficient (Wildman–Crippen LogP) is 4.14. The van der Waals surface area contributed by atoms with E-state index in [-0.39, 0.29) is 4.90 Å². The van der Waals surface area contributed by atoms with Gasteiger partial charge in [-0.2, -0.15) is 0 Å². The molecule has 0 saturated heterocycles. The lowest BCUT2D eigenvalue weighted by Gasteiger charge is -2.05. The van der Waals surface area contributed by atoms with Crippen LogP contribution in [0.25, 0.3) is 20.9 Å². The van der Waals surface area contributed by atoms with E-state index >= 15 is 0 Å². The largest absolute Gasteiger partial charge is 0.301 e. The summed E-state index contributed by atoms with van der Waals surface area (Å²) in [5, 5.41) is 5.46. The van der Waals surface area contributed by atoms with Crippen molar-refractivity contribution in [2.24, 2.45) is 0 Å². The van der Waals surface area contributed by atoms with E-state index in [1.54, 1.807) is 17.5 Å². The summed E-state index contributed by atoms with van der Waals surface area (Å²) < 4.78 is 25.8. The molecule has 0 saturated carbocycles. The molecule has 4 aromatic rings. The van der Waals surface area contributed by atoms with Crippen LogP contribution in [-0.2, 0) is 14.6 Å². The maximum absolute atomic E-state index is 12.4. The number of hydrogen-bond donors (Lipinski definition) is 1. The standard InChI is InChI=1S/C19H15N3O3S3/c1-12-6-8-13(9-7-12)28(24,25)11-17(23)22-19-21-15(10-26-19)18-20-14-4-2-3-5-16(14)27-18/h2-10H,11H2,1H3,(H,21,22,23). The number of anilines is 1. The number of aryl methyl sites for hydroxylation is 1. The second-order valence-electron chi connectivity index (χ2n) is 6.14. The van der Waals surface area contributed by atoms with E-state index < -0.39 is 21.5 Å². The number of hydrogen-bond acceptors (Lipinski definition) is 7. The maximum atomic E-state index is 12.4. The fourth-order valence-corrected chi connectivity index (χ4v) is 5.42. The first-order valence-electron chi connectivity index (χ1n) is 8.31. The Balaban J connectivity index is 1.47. The van der Waals surface area contributed by atoms with Crippen molar-refractivity contribution in [2.45, 2.75) is 11.8 Å². The Kier molecular flexibility index (Phi) is 4.96. The topological polar surface area (TPSA) is 89.0 Å². The van der Waals surface area contributed by atoms with Gasteiger partial charge in [-0.15, -0.1) is 22.7 Å². The van der Waals surface area contributed by atoms with Gasteiger partial charge in [-0.3, -0.25) is 4.79 Å². The Morgan fingerprint density at radius 2 is 1.82 bits per heavy atom. The molecule has 0 fully saturated rings. The third-order valence-electron chi connectivity index (χ3n) is 3.96. The number of thiazole rings is 2. The summed E-state index contributed by atoms with van der Waals surface area (Å²) in [4.78, 5) is 21.3. The van der Waals surface area contributed by atoms with Gasteiger partial charge in [0.25, 0.3) is 0 Å². The van der Waals surface area contributed by atoms with Crippen LogP contribution in [0.4, 0.5) is 5.13 Å². The number of nitrogens with zero attached hydrogens (tertiary/aromatic N) is 2. The molecule has 142 valence electrons. The first-order valence-corrected chi connectivity index (χ1v) is 11.7. The monoisotopic (exact) mass is 429 g/mol. The average Bonchev–Trinajstić information content (AvgIpc) is 3.28. The summed E-state index contributed by atoms with van der Waals surface area (Å²) in [6, 6.07) is 14.2. The van der Waals surface area contributed by atoms with E-state index in [1.807, 2.05) is 31.2 Å². The second-order valence-corrected chi connectivity index (χ2v) is 10.0. The van der Waals surface area contributed by atoms with Crippen molar-refractivity contribution >= 4 is 53.8 Å². The summed E-state index contributed by atoms with van der Waals surface area (Å²) in [7, 11) is -3.70. The minimum absolute atomic E-state index is 0.127. The zero-order valence-electron chi connectivity index (χ0n) is 14.7. The minimum atomic E-state index is -3.70. The van der Waals surface area contributed by atoms with Crippen LogP contribution in [-0.4, -0.2) is 30.0 Å². The molecule has 0 atom stereocenters. The first-order chi connectivity index (χ1) is 13.4. The number of para-hydroxylation sites is 1.